The number of nitrogens with zero attached hydrogens (tertiary/aromatic N) is 1. The molecule has 1 aliphatic rings. The Morgan fingerprint density at radius 2 is 2.21 bits per heavy atom. The Kier molecular flexibility index (Phi) is 7.27. The van der Waals surface area contributed by atoms with Crippen LogP contribution in [0.2, 0.25) is 0 Å². The van der Waals surface area contributed by atoms with Gasteiger partial charge in [0.2, 0.25) is 0 Å². The zero-order valence-corrected chi connectivity index (χ0v) is 13.2. The average molecular weight is 330 g/mol. The first-order chi connectivity index (χ1) is 6.15. The van der Waals surface area contributed by atoms with Gasteiger partial charge in [0.15, 0.2) is 0 Å². The zero-order chi connectivity index (χ0) is 9.84. The summed E-state index contributed by atoms with van der Waals surface area (Å²) in [6, 6.07) is 0. The molecular formula is C11H15BrNY-. The second-order valence-electron chi connectivity index (χ2n) is 3.24. The van der Waals surface area contributed by atoms with E-state index in [0.717, 1.165) is 22.3 Å². The second-order valence-corrected chi connectivity index (χ2v) is 4.09. The first kappa shape index (κ1) is 14.6. The van der Waals surface area contributed by atoms with Crippen molar-refractivity contribution in [1.82, 2.24) is 4.90 Å². The topological polar surface area (TPSA) is 3.24 Å². The van der Waals surface area contributed by atoms with Crippen LogP contribution in [0, 0.1) is 6.20 Å². The maximum atomic E-state index is 4.00. The molecule has 0 bridgehead atoms. The second kappa shape index (κ2) is 6.97. The molecule has 0 aromatic heterocycles. The largest absolute Gasteiger partial charge is 0.455 e. The molecule has 3 heteroatoms. The van der Waals surface area contributed by atoms with Crippen LogP contribution in [0.5, 0.6) is 0 Å². The number of unbranched alkanes of at least 4 members (excludes halogenated alkanes) is 1. The van der Waals surface area contributed by atoms with Crippen LogP contribution in [-0.4, -0.2) is 11.4 Å². The monoisotopic (exact) mass is 329 g/mol. The Labute approximate surface area is 120 Å². The molecule has 0 fully saturated rings. The molecule has 0 N–H and O–H groups in total. The quantitative estimate of drug-likeness (QED) is 0.715. The van der Waals surface area contributed by atoms with Gasteiger partial charge < -0.3 is 4.90 Å². The molecule has 0 aromatic rings. The average Bonchev–Trinajstić information content (AvgIpc) is 2.09. The summed E-state index contributed by atoms with van der Waals surface area (Å²) >= 11 is 3.49. The fraction of sp³-hybridized carbons (Fsp3) is 0.455. The smallest absolute Gasteiger partial charge is 0 e. The number of hydrogen-bond acceptors (Lipinski definition) is 1. The molecule has 1 rings (SSSR count). The molecule has 0 unspecified atom stereocenters. The van der Waals surface area contributed by atoms with Crippen LogP contribution >= 0.6 is 15.9 Å². The van der Waals surface area contributed by atoms with Gasteiger partial charge in [-0.1, -0.05) is 52.6 Å². The van der Waals surface area contributed by atoms with Crippen molar-refractivity contribution in [2.24, 2.45) is 0 Å². The van der Waals surface area contributed by atoms with Gasteiger partial charge in [0.05, 0.1) is 0 Å². The fourth-order valence-corrected chi connectivity index (χ4v) is 1.78. The normalized spacial score (nSPS) is 15.9. The van der Waals surface area contributed by atoms with Crippen molar-refractivity contribution in [3.8, 4) is 0 Å². The number of halogens is 1. The summed E-state index contributed by atoms with van der Waals surface area (Å²) in [6.07, 6.45) is 7.70. The molecule has 1 heterocycles. The minimum Gasteiger partial charge on any atom is -0.455 e. The molecule has 0 saturated carbocycles. The third-order valence-corrected chi connectivity index (χ3v) is 2.68. The van der Waals surface area contributed by atoms with Gasteiger partial charge in [-0.15, -0.1) is 12.2 Å². The van der Waals surface area contributed by atoms with Gasteiger partial charge in [0.1, 0.15) is 0 Å². The van der Waals surface area contributed by atoms with E-state index in [0.29, 0.717) is 0 Å². The van der Waals surface area contributed by atoms with Crippen LogP contribution in [0.4, 0.5) is 0 Å². The predicted molar refractivity (Wildman–Crippen MR) is 60.2 cm³/mol. The molecule has 0 amide bonds. The summed E-state index contributed by atoms with van der Waals surface area (Å²) in [5.74, 6) is 0. The standard InChI is InChI=1S/C11H15BrN.Y/c1-4-5-6-13-8-9(2)7-11(12)10(13)3;/h7H,3-6H2,1-2H3;/q-1;. The molecule has 0 aliphatic carbocycles. The van der Waals surface area contributed by atoms with Gasteiger partial charge in [0, 0.05) is 32.7 Å². The molecule has 0 saturated heterocycles. The van der Waals surface area contributed by atoms with E-state index in [9.17, 15) is 0 Å². The molecule has 1 radical (unpaired) electrons. The minimum atomic E-state index is 0. The van der Waals surface area contributed by atoms with Gasteiger partial charge in [-0.05, 0) is 13.0 Å². The van der Waals surface area contributed by atoms with Crippen molar-refractivity contribution in [2.45, 2.75) is 26.7 Å². The molecule has 1 aliphatic heterocycles. The van der Waals surface area contributed by atoms with E-state index in [-0.39, 0.29) is 32.7 Å². The van der Waals surface area contributed by atoms with Crippen LogP contribution in [0.3, 0.4) is 0 Å². The molecule has 0 spiro atoms. The van der Waals surface area contributed by atoms with Gasteiger partial charge in [-0.25, -0.2) is 0 Å². The van der Waals surface area contributed by atoms with Crippen molar-refractivity contribution < 1.29 is 32.7 Å². The minimum absolute atomic E-state index is 0. The Hall–Kier alpha value is 0.604. The number of rotatable bonds is 3. The van der Waals surface area contributed by atoms with Gasteiger partial charge in [-0.3, -0.25) is 0 Å². The first-order valence-corrected chi connectivity index (χ1v) is 5.38. The van der Waals surface area contributed by atoms with E-state index in [1.807, 2.05) is 13.0 Å². The Balaban J connectivity index is 0.00000169. The van der Waals surface area contributed by atoms with E-state index in [4.69, 9.17) is 0 Å². The Bertz CT molecular complexity index is 268. The fourth-order valence-electron chi connectivity index (χ4n) is 1.22. The SMILES string of the molecule is C=C1C(Br)=CC(C)=[C-]N1CCCC.[Y]. The van der Waals surface area contributed by atoms with Crippen molar-refractivity contribution in [2.75, 3.05) is 6.54 Å². The molecule has 14 heavy (non-hydrogen) atoms. The summed E-state index contributed by atoms with van der Waals surface area (Å²) in [4.78, 5) is 2.09. The molecule has 0 aromatic carbocycles. The van der Waals surface area contributed by atoms with E-state index >= 15 is 0 Å². The summed E-state index contributed by atoms with van der Waals surface area (Å²) in [7, 11) is 0. The molecule has 1 nitrogen and oxygen atoms in total. The van der Waals surface area contributed by atoms with E-state index in [2.05, 4.69) is 40.5 Å². The summed E-state index contributed by atoms with van der Waals surface area (Å²) in [5, 5.41) is 0. The van der Waals surface area contributed by atoms with Crippen molar-refractivity contribution >= 4 is 15.9 Å². The van der Waals surface area contributed by atoms with Crippen LogP contribution in [0.25, 0.3) is 0 Å². The van der Waals surface area contributed by atoms with Gasteiger partial charge in [-0.2, -0.15) is 6.08 Å². The van der Waals surface area contributed by atoms with Gasteiger partial charge in [0.25, 0.3) is 0 Å². The molecule has 0 atom stereocenters. The number of allylic oxidation sites excluding steroid dienone is 3. The molecule has 75 valence electrons. The maximum absolute atomic E-state index is 4.00. The Morgan fingerprint density at radius 1 is 1.57 bits per heavy atom. The maximum Gasteiger partial charge on any atom is 0 e. The summed E-state index contributed by atoms with van der Waals surface area (Å²) < 4.78 is 1.07. The van der Waals surface area contributed by atoms with Crippen molar-refractivity contribution in [3.63, 3.8) is 0 Å². The summed E-state index contributed by atoms with van der Waals surface area (Å²) in [6.45, 7) is 9.25. The van der Waals surface area contributed by atoms with Crippen LogP contribution in [-0.2, 0) is 32.7 Å². The van der Waals surface area contributed by atoms with Crippen molar-refractivity contribution in [3.05, 3.63) is 34.6 Å². The van der Waals surface area contributed by atoms with Crippen molar-refractivity contribution in [1.29, 1.82) is 0 Å². The third kappa shape index (κ3) is 4.00. The van der Waals surface area contributed by atoms with Crippen LogP contribution < -0.4 is 0 Å². The van der Waals surface area contributed by atoms with E-state index < -0.39 is 0 Å². The predicted octanol–water partition coefficient (Wildman–Crippen LogP) is 3.60. The Morgan fingerprint density at radius 3 is 2.79 bits per heavy atom. The molecular weight excluding hydrogens is 315 g/mol. The van der Waals surface area contributed by atoms with E-state index in [1.165, 1.54) is 12.8 Å². The van der Waals surface area contributed by atoms with Gasteiger partial charge >= 0.3 is 0 Å². The summed E-state index contributed by atoms with van der Waals surface area (Å²) in [5.41, 5.74) is 2.16. The van der Waals surface area contributed by atoms with Crippen LogP contribution in [0.15, 0.2) is 28.4 Å². The third-order valence-electron chi connectivity index (χ3n) is 1.99. The first-order valence-electron chi connectivity index (χ1n) is 4.59. The zero-order valence-electron chi connectivity index (χ0n) is 8.81. The number of hydrogen-bond donors (Lipinski definition) is 0. The van der Waals surface area contributed by atoms with E-state index in [1.54, 1.807) is 0 Å². The van der Waals surface area contributed by atoms with Crippen LogP contribution in [0.1, 0.15) is 26.7 Å².